The summed E-state index contributed by atoms with van der Waals surface area (Å²) in [6.07, 6.45) is -9.51. The zero-order chi connectivity index (χ0) is 23.5. The first kappa shape index (κ1) is 23.6. The molecule has 0 spiro atoms. The molecule has 0 bridgehead atoms. The van der Waals surface area contributed by atoms with Crippen molar-refractivity contribution in [1.82, 2.24) is 5.32 Å². The zero-order valence-corrected chi connectivity index (χ0v) is 16.4. The molecule has 5 nitrogen and oxygen atoms in total. The molecule has 0 saturated carbocycles. The van der Waals surface area contributed by atoms with Gasteiger partial charge in [0.05, 0.1) is 35.7 Å². The van der Waals surface area contributed by atoms with E-state index >= 15 is 0 Å². The molecule has 2 aromatic rings. The predicted octanol–water partition coefficient (Wildman–Crippen LogP) is 5.02. The lowest BCUT2D eigenvalue weighted by Crippen LogP contribution is -2.37. The first-order valence-electron chi connectivity index (χ1n) is 9.39. The topological polar surface area (TPSA) is 53.6 Å². The molecule has 32 heavy (non-hydrogen) atoms. The Morgan fingerprint density at radius 1 is 0.969 bits per heavy atom. The number of nitrogens with one attached hydrogen (secondary N) is 2. The summed E-state index contributed by atoms with van der Waals surface area (Å²) in [4.78, 5) is 14.0. The number of benzene rings is 2. The van der Waals surface area contributed by atoms with Crippen LogP contribution in [0.5, 0.6) is 0 Å². The summed E-state index contributed by atoms with van der Waals surface area (Å²) in [6.45, 7) is 0.833. The molecule has 2 N–H and O–H groups in total. The van der Waals surface area contributed by atoms with Gasteiger partial charge in [0.1, 0.15) is 5.82 Å². The largest absolute Gasteiger partial charge is 0.416 e. The highest BCUT2D eigenvalue weighted by Crippen LogP contribution is 2.36. The van der Waals surface area contributed by atoms with Crippen LogP contribution in [0.15, 0.2) is 36.4 Å². The zero-order valence-electron chi connectivity index (χ0n) is 16.4. The van der Waals surface area contributed by atoms with Crippen molar-refractivity contribution >= 4 is 17.4 Å². The molecule has 0 aliphatic carbocycles. The van der Waals surface area contributed by atoms with Crippen LogP contribution in [0.25, 0.3) is 0 Å². The van der Waals surface area contributed by atoms with E-state index in [0.717, 1.165) is 24.3 Å². The highest BCUT2D eigenvalue weighted by molar-refractivity contribution is 5.93. The lowest BCUT2D eigenvalue weighted by molar-refractivity contribution is -0.138. The molecule has 0 radical (unpaired) electrons. The van der Waals surface area contributed by atoms with Gasteiger partial charge < -0.3 is 20.3 Å². The quantitative estimate of drug-likeness (QED) is 0.624. The highest BCUT2D eigenvalue weighted by atomic mass is 19.4. The summed E-state index contributed by atoms with van der Waals surface area (Å²) in [5.74, 6) is -1.09. The van der Waals surface area contributed by atoms with Crippen LogP contribution in [0.2, 0.25) is 0 Å². The number of amides is 2. The molecule has 1 heterocycles. The predicted molar refractivity (Wildman–Crippen MR) is 102 cm³/mol. The van der Waals surface area contributed by atoms with E-state index in [0.29, 0.717) is 38.1 Å². The van der Waals surface area contributed by atoms with E-state index in [-0.39, 0.29) is 5.69 Å². The van der Waals surface area contributed by atoms with Crippen molar-refractivity contribution in [3.63, 3.8) is 0 Å². The number of rotatable bonds is 4. The molecule has 174 valence electrons. The average molecular weight is 465 g/mol. The Morgan fingerprint density at radius 2 is 1.66 bits per heavy atom. The summed E-state index contributed by atoms with van der Waals surface area (Å²) < 4.78 is 97.1. The Kier molecular flexibility index (Phi) is 6.82. The minimum atomic E-state index is -4.85. The lowest BCUT2D eigenvalue weighted by atomic mass is 10.1. The van der Waals surface area contributed by atoms with Gasteiger partial charge in [-0.2, -0.15) is 26.3 Å². The molecule has 1 aliphatic rings. The van der Waals surface area contributed by atoms with Gasteiger partial charge >= 0.3 is 18.4 Å². The second-order valence-corrected chi connectivity index (χ2v) is 6.94. The van der Waals surface area contributed by atoms with E-state index in [4.69, 9.17) is 4.74 Å². The van der Waals surface area contributed by atoms with Crippen molar-refractivity contribution < 1.29 is 40.3 Å². The third kappa shape index (κ3) is 5.81. The molecule has 1 aliphatic heterocycles. The maximum Gasteiger partial charge on any atom is 0.416 e. The molecule has 3 rings (SSSR count). The van der Waals surface area contributed by atoms with E-state index in [2.05, 4.69) is 10.6 Å². The number of ether oxygens (including phenoxy) is 1. The first-order valence-corrected chi connectivity index (χ1v) is 9.39. The monoisotopic (exact) mass is 465 g/mol. The normalized spacial score (nSPS) is 14.9. The van der Waals surface area contributed by atoms with Gasteiger partial charge in [0.15, 0.2) is 0 Å². The van der Waals surface area contributed by atoms with E-state index in [1.54, 1.807) is 4.90 Å². The maximum absolute atomic E-state index is 13.2. The molecular weight excluding hydrogens is 447 g/mol. The fourth-order valence-electron chi connectivity index (χ4n) is 3.20. The standard InChI is InChI=1S/C20H18F7N3O2/c21-14-3-1-12(15(10-14)20(25,26)27)11-28-18(31)29-16-9-13(19(22,23)24)2-4-17(16)30-5-7-32-8-6-30/h1-4,9-10H,5-8,11H2,(H2,28,29,31). The number of anilines is 2. The van der Waals surface area contributed by atoms with Crippen molar-refractivity contribution in [3.05, 3.63) is 58.9 Å². The van der Waals surface area contributed by atoms with Crippen LogP contribution in [0.4, 0.5) is 46.9 Å². The minimum Gasteiger partial charge on any atom is -0.378 e. The van der Waals surface area contributed by atoms with Crippen LogP contribution in [0.3, 0.4) is 0 Å². The Morgan fingerprint density at radius 3 is 2.28 bits per heavy atom. The van der Waals surface area contributed by atoms with Crippen LogP contribution < -0.4 is 15.5 Å². The van der Waals surface area contributed by atoms with Gasteiger partial charge in [0, 0.05) is 19.6 Å². The number of alkyl halides is 6. The van der Waals surface area contributed by atoms with Crippen LogP contribution in [0, 0.1) is 5.82 Å². The first-order chi connectivity index (χ1) is 14.9. The molecule has 2 aromatic carbocycles. The van der Waals surface area contributed by atoms with E-state index in [9.17, 15) is 35.5 Å². The molecular formula is C20H18F7N3O2. The molecule has 1 saturated heterocycles. The van der Waals surface area contributed by atoms with Gasteiger partial charge in [-0.3, -0.25) is 0 Å². The van der Waals surface area contributed by atoms with Gasteiger partial charge in [-0.25, -0.2) is 9.18 Å². The third-order valence-corrected chi connectivity index (χ3v) is 4.74. The van der Waals surface area contributed by atoms with Crippen molar-refractivity contribution in [1.29, 1.82) is 0 Å². The fraction of sp³-hybridized carbons (Fsp3) is 0.350. The highest BCUT2D eigenvalue weighted by Gasteiger charge is 2.34. The Hall–Kier alpha value is -3.02. The summed E-state index contributed by atoms with van der Waals surface area (Å²) in [7, 11) is 0. The number of carbonyl (C=O) groups is 1. The number of hydrogen-bond donors (Lipinski definition) is 2. The average Bonchev–Trinajstić information content (AvgIpc) is 2.72. The fourth-order valence-corrected chi connectivity index (χ4v) is 3.20. The molecule has 2 amide bonds. The van der Waals surface area contributed by atoms with Gasteiger partial charge in [-0.05, 0) is 35.9 Å². The van der Waals surface area contributed by atoms with Gasteiger partial charge in [0.25, 0.3) is 0 Å². The number of halogens is 7. The van der Waals surface area contributed by atoms with Gasteiger partial charge in [0.2, 0.25) is 0 Å². The second-order valence-electron chi connectivity index (χ2n) is 6.94. The second kappa shape index (κ2) is 9.23. The number of morpholine rings is 1. The third-order valence-electron chi connectivity index (χ3n) is 4.74. The van der Waals surface area contributed by atoms with Gasteiger partial charge in [-0.1, -0.05) is 6.07 Å². The number of carbonyl (C=O) groups excluding carboxylic acids is 1. The maximum atomic E-state index is 13.2. The summed E-state index contributed by atoms with van der Waals surface area (Å²) >= 11 is 0. The van der Waals surface area contributed by atoms with E-state index in [1.807, 2.05) is 0 Å². The molecule has 0 aromatic heterocycles. The van der Waals surface area contributed by atoms with Crippen molar-refractivity contribution in [2.45, 2.75) is 18.9 Å². The van der Waals surface area contributed by atoms with Gasteiger partial charge in [-0.15, -0.1) is 0 Å². The Bertz CT molecular complexity index is 971. The SMILES string of the molecule is O=C(NCc1ccc(F)cc1C(F)(F)F)Nc1cc(C(F)(F)F)ccc1N1CCOCC1. The molecule has 1 fully saturated rings. The smallest absolute Gasteiger partial charge is 0.378 e. The van der Waals surface area contributed by atoms with Crippen molar-refractivity contribution in [2.24, 2.45) is 0 Å². The minimum absolute atomic E-state index is 0.158. The summed E-state index contributed by atoms with van der Waals surface area (Å²) in [5, 5.41) is 4.44. The molecule has 12 heteroatoms. The molecule has 0 unspecified atom stereocenters. The van der Waals surface area contributed by atoms with E-state index in [1.165, 1.54) is 6.07 Å². The van der Waals surface area contributed by atoms with Crippen molar-refractivity contribution in [2.75, 3.05) is 36.5 Å². The number of hydrogen-bond acceptors (Lipinski definition) is 3. The number of urea groups is 1. The summed E-state index contributed by atoms with van der Waals surface area (Å²) in [5.41, 5.74) is -2.50. The molecule has 0 atom stereocenters. The number of nitrogens with zero attached hydrogens (tertiary/aromatic N) is 1. The van der Waals surface area contributed by atoms with E-state index < -0.39 is 47.4 Å². The Balaban J connectivity index is 1.79. The summed E-state index contributed by atoms with van der Waals surface area (Å²) in [6, 6.07) is 3.82. The van der Waals surface area contributed by atoms with Crippen LogP contribution in [0.1, 0.15) is 16.7 Å². The van der Waals surface area contributed by atoms with Crippen LogP contribution >= 0.6 is 0 Å². The van der Waals surface area contributed by atoms with Crippen LogP contribution in [-0.4, -0.2) is 32.3 Å². The Labute approximate surface area is 178 Å². The van der Waals surface area contributed by atoms with Crippen LogP contribution in [-0.2, 0) is 23.6 Å². The van der Waals surface area contributed by atoms with Crippen molar-refractivity contribution in [3.8, 4) is 0 Å². The lowest BCUT2D eigenvalue weighted by Gasteiger charge is -2.31.